The molecule has 0 radical (unpaired) electrons. The number of phenols is 1. The van der Waals surface area contributed by atoms with Crippen LogP contribution in [0.25, 0.3) is 0 Å². The SMILES string of the molecule is O=C(Nc1ncc(C#CCCO)s1)c1cc(Br)ccc1O. The second-order valence-electron chi connectivity index (χ2n) is 3.92. The Morgan fingerprint density at radius 3 is 3.05 bits per heavy atom. The first-order valence-corrected chi connectivity index (χ1v) is 7.56. The van der Waals surface area contributed by atoms with Crippen molar-refractivity contribution in [2.24, 2.45) is 0 Å². The molecule has 0 aliphatic carbocycles. The largest absolute Gasteiger partial charge is 0.507 e. The smallest absolute Gasteiger partial charge is 0.261 e. The van der Waals surface area contributed by atoms with Gasteiger partial charge in [0.2, 0.25) is 0 Å². The molecule has 0 fully saturated rings. The summed E-state index contributed by atoms with van der Waals surface area (Å²) in [6, 6.07) is 4.61. The predicted octanol–water partition coefficient (Wildman–Crippen LogP) is 2.60. The lowest BCUT2D eigenvalue weighted by Gasteiger charge is -2.04. The first-order chi connectivity index (χ1) is 10.1. The van der Waals surface area contributed by atoms with E-state index in [1.54, 1.807) is 12.3 Å². The lowest BCUT2D eigenvalue weighted by atomic mass is 10.2. The van der Waals surface area contributed by atoms with E-state index in [1.165, 1.54) is 23.5 Å². The van der Waals surface area contributed by atoms with Gasteiger partial charge in [0.25, 0.3) is 5.91 Å². The summed E-state index contributed by atoms with van der Waals surface area (Å²) < 4.78 is 0.695. The highest BCUT2D eigenvalue weighted by molar-refractivity contribution is 9.10. The van der Waals surface area contributed by atoms with Crippen LogP contribution in [0.2, 0.25) is 0 Å². The van der Waals surface area contributed by atoms with Crippen LogP contribution in [0.3, 0.4) is 0 Å². The maximum Gasteiger partial charge on any atom is 0.261 e. The first kappa shape index (κ1) is 15.5. The van der Waals surface area contributed by atoms with E-state index >= 15 is 0 Å². The van der Waals surface area contributed by atoms with E-state index < -0.39 is 5.91 Å². The number of aliphatic hydroxyl groups is 1. The van der Waals surface area contributed by atoms with Gasteiger partial charge in [-0.05, 0) is 18.2 Å². The number of hydrogen-bond acceptors (Lipinski definition) is 5. The van der Waals surface area contributed by atoms with Crippen molar-refractivity contribution in [3.05, 3.63) is 39.3 Å². The minimum atomic E-state index is -0.446. The Bertz CT molecular complexity index is 718. The van der Waals surface area contributed by atoms with E-state index in [0.29, 0.717) is 20.9 Å². The molecule has 1 aromatic carbocycles. The zero-order valence-electron chi connectivity index (χ0n) is 10.8. The monoisotopic (exact) mass is 366 g/mol. The molecule has 1 heterocycles. The highest BCUT2D eigenvalue weighted by Gasteiger charge is 2.13. The van der Waals surface area contributed by atoms with Crippen LogP contribution in [0, 0.1) is 11.8 Å². The summed E-state index contributed by atoms with van der Waals surface area (Å²) in [6.45, 7) is 0.0115. The summed E-state index contributed by atoms with van der Waals surface area (Å²) in [7, 11) is 0. The average molecular weight is 367 g/mol. The Morgan fingerprint density at radius 1 is 1.48 bits per heavy atom. The van der Waals surface area contributed by atoms with Crippen LogP contribution in [0.1, 0.15) is 21.7 Å². The predicted molar refractivity (Wildman–Crippen MR) is 84.5 cm³/mol. The van der Waals surface area contributed by atoms with Crippen molar-refractivity contribution in [1.82, 2.24) is 4.98 Å². The van der Waals surface area contributed by atoms with E-state index in [2.05, 4.69) is 38.1 Å². The van der Waals surface area contributed by atoms with Crippen molar-refractivity contribution in [3.63, 3.8) is 0 Å². The Morgan fingerprint density at radius 2 is 2.29 bits per heavy atom. The Balaban J connectivity index is 2.10. The minimum Gasteiger partial charge on any atom is -0.507 e. The number of nitrogens with one attached hydrogen (secondary N) is 1. The summed E-state index contributed by atoms with van der Waals surface area (Å²) in [5, 5.41) is 21.3. The third kappa shape index (κ3) is 4.29. The van der Waals surface area contributed by atoms with Gasteiger partial charge in [-0.1, -0.05) is 39.1 Å². The number of aromatic nitrogens is 1. The fourth-order valence-corrected chi connectivity index (χ4v) is 2.50. The second-order valence-corrected chi connectivity index (χ2v) is 5.87. The Kier molecular flexibility index (Phi) is 5.33. The van der Waals surface area contributed by atoms with Crippen LogP contribution < -0.4 is 5.32 Å². The molecule has 0 unspecified atom stereocenters. The lowest BCUT2D eigenvalue weighted by Crippen LogP contribution is -2.11. The number of amides is 1. The number of thiazole rings is 1. The standard InChI is InChI=1S/C14H11BrN2O3S/c15-9-4-5-12(19)11(7-9)13(20)17-14-16-8-10(21-14)3-1-2-6-18/h4-5,7-8,18-19H,2,6H2,(H,16,17,20). The number of hydrogen-bond donors (Lipinski definition) is 3. The molecule has 1 amide bonds. The van der Waals surface area contributed by atoms with Crippen LogP contribution in [-0.4, -0.2) is 27.7 Å². The van der Waals surface area contributed by atoms with E-state index in [1.807, 2.05) is 0 Å². The van der Waals surface area contributed by atoms with Crippen molar-refractivity contribution in [3.8, 4) is 17.6 Å². The van der Waals surface area contributed by atoms with Gasteiger partial charge in [0, 0.05) is 10.9 Å². The van der Waals surface area contributed by atoms with Crippen LogP contribution in [0.4, 0.5) is 5.13 Å². The molecule has 21 heavy (non-hydrogen) atoms. The second kappa shape index (κ2) is 7.22. The molecule has 0 saturated heterocycles. The maximum atomic E-state index is 12.1. The van der Waals surface area contributed by atoms with Crippen molar-refractivity contribution in [2.75, 3.05) is 11.9 Å². The quantitative estimate of drug-likeness (QED) is 0.729. The number of aliphatic hydroxyl groups excluding tert-OH is 1. The van der Waals surface area contributed by atoms with Gasteiger partial charge in [0.15, 0.2) is 5.13 Å². The number of carbonyl (C=O) groups is 1. The first-order valence-electron chi connectivity index (χ1n) is 5.95. The van der Waals surface area contributed by atoms with Crippen molar-refractivity contribution in [2.45, 2.75) is 6.42 Å². The summed E-state index contributed by atoms with van der Waals surface area (Å²) in [4.78, 5) is 16.8. The number of anilines is 1. The number of benzene rings is 1. The van der Waals surface area contributed by atoms with Crippen LogP contribution in [0.15, 0.2) is 28.9 Å². The molecule has 0 atom stereocenters. The molecule has 0 aliphatic heterocycles. The van der Waals surface area contributed by atoms with Gasteiger partial charge >= 0.3 is 0 Å². The molecule has 108 valence electrons. The van der Waals surface area contributed by atoms with E-state index in [-0.39, 0.29) is 17.9 Å². The van der Waals surface area contributed by atoms with Crippen LogP contribution in [0.5, 0.6) is 5.75 Å². The fourth-order valence-electron chi connectivity index (χ4n) is 1.45. The zero-order valence-corrected chi connectivity index (χ0v) is 13.2. The molecule has 0 aliphatic rings. The summed E-state index contributed by atoms with van der Waals surface area (Å²) >= 11 is 4.47. The number of phenolic OH excluding ortho intramolecular Hbond substituents is 1. The fraction of sp³-hybridized carbons (Fsp3) is 0.143. The van der Waals surface area contributed by atoms with Crippen molar-refractivity contribution >= 4 is 38.3 Å². The molecule has 1 aromatic heterocycles. The Hall–Kier alpha value is -1.88. The van der Waals surface area contributed by atoms with E-state index in [9.17, 15) is 9.90 Å². The van der Waals surface area contributed by atoms with Crippen LogP contribution >= 0.6 is 27.3 Å². The highest BCUT2D eigenvalue weighted by Crippen LogP contribution is 2.24. The molecule has 7 heteroatoms. The number of rotatable bonds is 3. The lowest BCUT2D eigenvalue weighted by molar-refractivity contribution is 0.102. The normalized spacial score (nSPS) is 9.81. The van der Waals surface area contributed by atoms with E-state index in [0.717, 1.165) is 0 Å². The van der Waals surface area contributed by atoms with Crippen molar-refractivity contribution in [1.29, 1.82) is 0 Å². The molecule has 2 rings (SSSR count). The van der Waals surface area contributed by atoms with Gasteiger partial charge in [0.05, 0.1) is 23.2 Å². The Labute approximate surface area is 133 Å². The molecular weight excluding hydrogens is 356 g/mol. The highest BCUT2D eigenvalue weighted by atomic mass is 79.9. The number of aromatic hydroxyl groups is 1. The third-order valence-electron chi connectivity index (χ3n) is 2.38. The maximum absolute atomic E-state index is 12.1. The molecule has 0 spiro atoms. The molecule has 2 aromatic rings. The van der Waals surface area contributed by atoms with Gasteiger partial charge in [-0.3, -0.25) is 10.1 Å². The molecular formula is C14H11BrN2O3S. The third-order valence-corrected chi connectivity index (χ3v) is 3.70. The van der Waals surface area contributed by atoms with Gasteiger partial charge in [-0.2, -0.15) is 0 Å². The summed E-state index contributed by atoms with van der Waals surface area (Å²) in [6.07, 6.45) is 1.94. The van der Waals surface area contributed by atoms with Gasteiger partial charge in [-0.15, -0.1) is 0 Å². The summed E-state index contributed by atoms with van der Waals surface area (Å²) in [5.74, 6) is 5.07. The molecule has 0 saturated carbocycles. The molecule has 5 nitrogen and oxygen atoms in total. The topological polar surface area (TPSA) is 82.5 Å². The number of nitrogens with zero attached hydrogens (tertiary/aromatic N) is 1. The van der Waals surface area contributed by atoms with Crippen LogP contribution in [-0.2, 0) is 0 Å². The zero-order chi connectivity index (χ0) is 15.2. The minimum absolute atomic E-state index is 0.0115. The van der Waals surface area contributed by atoms with Gasteiger partial charge in [0.1, 0.15) is 5.75 Å². The average Bonchev–Trinajstić information content (AvgIpc) is 2.89. The van der Waals surface area contributed by atoms with Gasteiger partial charge < -0.3 is 10.2 Å². The number of halogens is 1. The van der Waals surface area contributed by atoms with E-state index in [4.69, 9.17) is 5.11 Å². The molecule has 0 bridgehead atoms. The summed E-state index contributed by atoms with van der Waals surface area (Å²) in [5.41, 5.74) is 0.160. The molecule has 3 N–H and O–H groups in total. The van der Waals surface area contributed by atoms with Gasteiger partial charge in [-0.25, -0.2) is 4.98 Å². The van der Waals surface area contributed by atoms with Crippen molar-refractivity contribution < 1.29 is 15.0 Å². The number of carbonyl (C=O) groups excluding carboxylic acids is 1.